The van der Waals surface area contributed by atoms with Crippen LogP contribution >= 0.6 is 11.8 Å². The van der Waals surface area contributed by atoms with Gasteiger partial charge >= 0.3 is 0 Å². The van der Waals surface area contributed by atoms with Gasteiger partial charge in [-0.3, -0.25) is 18.6 Å². The van der Waals surface area contributed by atoms with E-state index in [4.69, 9.17) is 4.42 Å². The van der Waals surface area contributed by atoms with Crippen LogP contribution in [0.3, 0.4) is 0 Å². The normalized spacial score (nSPS) is 12.5. The molecule has 0 saturated heterocycles. The van der Waals surface area contributed by atoms with Gasteiger partial charge in [0.2, 0.25) is 11.7 Å². The van der Waals surface area contributed by atoms with Crippen molar-refractivity contribution in [2.45, 2.75) is 23.9 Å². The number of rotatable bonds is 5. The van der Waals surface area contributed by atoms with Crippen molar-refractivity contribution in [2.75, 3.05) is 0 Å². The number of nitrogens with zero attached hydrogens (tertiary/aromatic N) is 4. The fraction of sp³-hybridized carbons (Fsp3) is 0.222. The summed E-state index contributed by atoms with van der Waals surface area (Å²) in [4.78, 5) is 24.9. The first kappa shape index (κ1) is 17.3. The highest BCUT2D eigenvalue weighted by Gasteiger charge is 2.20. The molecule has 9 heteroatoms. The summed E-state index contributed by atoms with van der Waals surface area (Å²) >= 11 is 1.29. The number of nitrogens with one attached hydrogen (secondary N) is 1. The number of amides is 1. The van der Waals surface area contributed by atoms with E-state index in [2.05, 4.69) is 15.5 Å². The Bertz CT molecular complexity index is 1180. The van der Waals surface area contributed by atoms with E-state index in [1.807, 2.05) is 18.2 Å². The molecule has 27 heavy (non-hydrogen) atoms. The monoisotopic (exact) mass is 383 g/mol. The van der Waals surface area contributed by atoms with Gasteiger partial charge in [-0.25, -0.2) is 0 Å². The highest BCUT2D eigenvalue weighted by atomic mass is 32.2. The van der Waals surface area contributed by atoms with Gasteiger partial charge in [0.1, 0.15) is 5.76 Å². The molecule has 4 rings (SSSR count). The van der Waals surface area contributed by atoms with Gasteiger partial charge in [-0.1, -0.05) is 23.9 Å². The lowest BCUT2D eigenvalue weighted by Crippen LogP contribution is -2.30. The number of thioether (sulfide) groups is 1. The predicted molar refractivity (Wildman–Crippen MR) is 102 cm³/mol. The minimum atomic E-state index is -0.400. The molecule has 8 nitrogen and oxygen atoms in total. The van der Waals surface area contributed by atoms with Crippen molar-refractivity contribution in [3.8, 4) is 0 Å². The summed E-state index contributed by atoms with van der Waals surface area (Å²) in [6.45, 7) is 2.13. The summed E-state index contributed by atoms with van der Waals surface area (Å²) in [6, 6.07) is 10.9. The lowest BCUT2D eigenvalue weighted by Gasteiger charge is -2.11. The Hall–Kier alpha value is -3.07. The number of hydrogen-bond acceptors (Lipinski definition) is 6. The minimum Gasteiger partial charge on any atom is -0.467 e. The van der Waals surface area contributed by atoms with Gasteiger partial charge in [-0.15, -0.1) is 10.2 Å². The quantitative estimate of drug-likeness (QED) is 0.530. The van der Waals surface area contributed by atoms with Crippen molar-refractivity contribution in [3.63, 3.8) is 0 Å². The summed E-state index contributed by atoms with van der Waals surface area (Å²) in [5.74, 6) is 0.987. The van der Waals surface area contributed by atoms with Gasteiger partial charge in [0.25, 0.3) is 5.56 Å². The van der Waals surface area contributed by atoms with Crippen molar-refractivity contribution in [1.82, 2.24) is 24.5 Å². The van der Waals surface area contributed by atoms with Crippen LogP contribution in [0.2, 0.25) is 0 Å². The Balaban J connectivity index is 1.64. The number of benzene rings is 1. The van der Waals surface area contributed by atoms with Gasteiger partial charge in [0.15, 0.2) is 5.16 Å². The molecule has 0 aliphatic carbocycles. The van der Waals surface area contributed by atoms with Crippen LogP contribution in [0.4, 0.5) is 0 Å². The first-order valence-corrected chi connectivity index (χ1v) is 9.24. The van der Waals surface area contributed by atoms with Crippen molar-refractivity contribution >= 4 is 34.3 Å². The fourth-order valence-corrected chi connectivity index (χ4v) is 3.71. The average Bonchev–Trinajstić information content (AvgIpc) is 3.34. The molecule has 3 aromatic heterocycles. The first-order chi connectivity index (χ1) is 13.1. The van der Waals surface area contributed by atoms with Gasteiger partial charge in [-0.2, -0.15) is 0 Å². The molecule has 1 amide bonds. The van der Waals surface area contributed by atoms with E-state index < -0.39 is 5.25 Å². The Kier molecular flexibility index (Phi) is 4.44. The third-order valence-corrected chi connectivity index (χ3v) is 5.31. The summed E-state index contributed by atoms with van der Waals surface area (Å²) in [5.41, 5.74) is 0.581. The number of hydrogen-bond donors (Lipinski definition) is 1. The van der Waals surface area contributed by atoms with Crippen LogP contribution in [0.1, 0.15) is 12.7 Å². The fourth-order valence-electron chi connectivity index (χ4n) is 2.83. The summed E-state index contributed by atoms with van der Waals surface area (Å²) in [6.07, 6.45) is 1.57. The van der Waals surface area contributed by atoms with Gasteiger partial charge < -0.3 is 9.73 Å². The third kappa shape index (κ3) is 3.10. The van der Waals surface area contributed by atoms with E-state index in [1.165, 1.54) is 16.3 Å². The molecule has 1 N–H and O–H groups in total. The molecular weight excluding hydrogens is 366 g/mol. The van der Waals surface area contributed by atoms with Crippen LogP contribution in [-0.2, 0) is 18.4 Å². The smallest absolute Gasteiger partial charge is 0.262 e. The molecule has 0 aliphatic rings. The summed E-state index contributed by atoms with van der Waals surface area (Å²) < 4.78 is 8.48. The standard InChI is InChI=1S/C18H17N5O3S/c1-11(15(24)19-10-12-6-5-9-26-12)27-18-21-20-17-22(2)16(25)13-7-3-4-8-14(13)23(17)18/h3-9,11H,10H2,1-2H3,(H,19,24). The Labute approximate surface area is 158 Å². The molecule has 4 aromatic rings. The maximum atomic E-state index is 12.5. The Morgan fingerprint density at radius 3 is 2.85 bits per heavy atom. The van der Waals surface area contributed by atoms with E-state index in [9.17, 15) is 9.59 Å². The van der Waals surface area contributed by atoms with Crippen molar-refractivity contribution in [2.24, 2.45) is 7.05 Å². The summed E-state index contributed by atoms with van der Waals surface area (Å²) in [7, 11) is 1.66. The topological polar surface area (TPSA) is 94.4 Å². The van der Waals surface area contributed by atoms with Gasteiger partial charge in [-0.05, 0) is 31.2 Å². The van der Waals surface area contributed by atoms with E-state index in [1.54, 1.807) is 42.8 Å². The molecule has 0 saturated carbocycles. The second kappa shape index (κ2) is 6.92. The van der Waals surface area contributed by atoms with Crippen LogP contribution < -0.4 is 10.9 Å². The zero-order valence-electron chi connectivity index (χ0n) is 14.7. The van der Waals surface area contributed by atoms with E-state index in [0.717, 1.165) is 0 Å². The number of carbonyl (C=O) groups excluding carboxylic acids is 1. The molecule has 0 bridgehead atoms. The van der Waals surface area contributed by atoms with Crippen LogP contribution in [0.5, 0.6) is 0 Å². The predicted octanol–water partition coefficient (Wildman–Crippen LogP) is 1.97. The second-order valence-electron chi connectivity index (χ2n) is 6.06. The maximum absolute atomic E-state index is 12.5. The molecule has 1 atom stereocenters. The third-order valence-electron chi connectivity index (χ3n) is 4.26. The van der Waals surface area contributed by atoms with Crippen LogP contribution in [0.15, 0.2) is 57.0 Å². The molecule has 0 spiro atoms. The van der Waals surface area contributed by atoms with E-state index in [0.29, 0.717) is 34.1 Å². The Morgan fingerprint density at radius 2 is 2.07 bits per heavy atom. The average molecular weight is 383 g/mol. The van der Waals surface area contributed by atoms with Gasteiger partial charge in [0.05, 0.1) is 29.0 Å². The zero-order chi connectivity index (χ0) is 19.0. The Morgan fingerprint density at radius 1 is 1.26 bits per heavy atom. The number of para-hydroxylation sites is 1. The minimum absolute atomic E-state index is 0.133. The van der Waals surface area contributed by atoms with Crippen LogP contribution in [0.25, 0.3) is 16.7 Å². The molecule has 1 aromatic carbocycles. The first-order valence-electron chi connectivity index (χ1n) is 8.36. The lowest BCUT2D eigenvalue weighted by atomic mass is 10.2. The van der Waals surface area contributed by atoms with Crippen LogP contribution in [-0.4, -0.2) is 30.3 Å². The summed E-state index contributed by atoms with van der Waals surface area (Å²) in [5, 5.41) is 11.9. The molecule has 3 heterocycles. The van der Waals surface area contributed by atoms with Crippen molar-refractivity contribution < 1.29 is 9.21 Å². The number of aromatic nitrogens is 4. The number of carbonyl (C=O) groups is 1. The molecule has 1 unspecified atom stereocenters. The highest BCUT2D eigenvalue weighted by Crippen LogP contribution is 2.24. The molecular formula is C18H17N5O3S. The SMILES string of the molecule is CC(Sc1nnc2n(C)c(=O)c3ccccc3n12)C(=O)NCc1ccco1. The van der Waals surface area contributed by atoms with Crippen molar-refractivity contribution in [1.29, 1.82) is 0 Å². The number of aryl methyl sites for hydroxylation is 1. The molecule has 0 radical (unpaired) electrons. The molecule has 0 fully saturated rings. The number of furan rings is 1. The maximum Gasteiger partial charge on any atom is 0.262 e. The number of fused-ring (bicyclic) bond motifs is 3. The van der Waals surface area contributed by atoms with Gasteiger partial charge in [0, 0.05) is 7.05 Å². The van der Waals surface area contributed by atoms with E-state index in [-0.39, 0.29) is 11.5 Å². The zero-order valence-corrected chi connectivity index (χ0v) is 15.6. The van der Waals surface area contributed by atoms with Crippen molar-refractivity contribution in [3.05, 3.63) is 58.8 Å². The highest BCUT2D eigenvalue weighted by molar-refractivity contribution is 8.00. The van der Waals surface area contributed by atoms with E-state index >= 15 is 0 Å². The molecule has 138 valence electrons. The second-order valence-corrected chi connectivity index (χ2v) is 7.36. The van der Waals surface area contributed by atoms with Crippen LogP contribution in [0, 0.1) is 0 Å². The largest absolute Gasteiger partial charge is 0.467 e. The lowest BCUT2D eigenvalue weighted by molar-refractivity contribution is -0.120. The molecule has 0 aliphatic heterocycles.